The molecule has 1 atom stereocenters. The molecule has 0 aromatic carbocycles. The molecule has 0 rings (SSSR count). The first-order valence-corrected chi connectivity index (χ1v) is 4.24. The zero-order chi connectivity index (χ0) is 11.0. The number of amides is 1. The summed E-state index contributed by atoms with van der Waals surface area (Å²) in [4.78, 5) is 20.7. The Kier molecular flexibility index (Phi) is 6.07. The van der Waals surface area contributed by atoms with E-state index < -0.39 is 17.9 Å². The Morgan fingerprint density at radius 2 is 2.14 bits per heavy atom. The molecule has 1 amide bonds. The van der Waals surface area contributed by atoms with Gasteiger partial charge in [0.05, 0.1) is 0 Å². The van der Waals surface area contributed by atoms with Crippen LogP contribution >= 0.6 is 0 Å². The second kappa shape index (κ2) is 6.86. The average Bonchev–Trinajstić information content (AvgIpc) is 2.16. The predicted molar refractivity (Wildman–Crippen MR) is 48.1 cm³/mol. The molecule has 6 nitrogen and oxygen atoms in total. The van der Waals surface area contributed by atoms with E-state index in [1.807, 2.05) is 0 Å². The van der Waals surface area contributed by atoms with Crippen LogP contribution in [0.15, 0.2) is 0 Å². The molecule has 0 aromatic rings. The van der Waals surface area contributed by atoms with Crippen molar-refractivity contribution in [2.24, 2.45) is 5.73 Å². The van der Waals surface area contributed by atoms with Crippen LogP contribution in [0.3, 0.4) is 0 Å². The van der Waals surface area contributed by atoms with Crippen LogP contribution in [0.2, 0.25) is 0 Å². The summed E-state index contributed by atoms with van der Waals surface area (Å²) in [5.41, 5.74) is 5.25. The maximum absolute atomic E-state index is 10.4. The van der Waals surface area contributed by atoms with Gasteiger partial charge in [0.1, 0.15) is 6.04 Å². The first-order valence-electron chi connectivity index (χ1n) is 4.24. The van der Waals surface area contributed by atoms with Crippen molar-refractivity contribution in [3.63, 3.8) is 0 Å². The van der Waals surface area contributed by atoms with E-state index in [4.69, 9.17) is 16.1 Å². The molecule has 0 aliphatic heterocycles. The third-order valence-electron chi connectivity index (χ3n) is 1.65. The summed E-state index contributed by atoms with van der Waals surface area (Å²) in [5, 5.41) is 18.9. The maximum atomic E-state index is 10.4. The molecule has 0 saturated heterocycles. The lowest BCUT2D eigenvalue weighted by atomic mass is 10.1. The van der Waals surface area contributed by atoms with Gasteiger partial charge in [-0.05, 0) is 19.3 Å². The fourth-order valence-electron chi connectivity index (χ4n) is 0.854. The quantitative estimate of drug-likeness (QED) is 0.383. The minimum Gasteiger partial charge on any atom is -0.480 e. The molecule has 0 bridgehead atoms. The molecule has 0 aliphatic rings. The van der Waals surface area contributed by atoms with Crippen LogP contribution in [0.4, 0.5) is 0 Å². The van der Waals surface area contributed by atoms with E-state index in [9.17, 15) is 9.59 Å². The lowest BCUT2D eigenvalue weighted by Crippen LogP contribution is -2.30. The molecule has 78 valence electrons. The number of hydrogen-bond donors (Lipinski definition) is 3. The number of carbonyl (C=O) groups is 2. The largest absolute Gasteiger partial charge is 0.480 e. The fraction of sp³-hybridized carbons (Fsp3) is 0.625. The number of nitrogens with one attached hydrogen (secondary N) is 1. The predicted octanol–water partition coefficient (Wildman–Crippen LogP) is -0.792. The zero-order valence-corrected chi connectivity index (χ0v) is 7.69. The number of carboxylic acids is 1. The minimum atomic E-state index is -1.02. The fourth-order valence-corrected chi connectivity index (χ4v) is 0.854. The summed E-state index contributed by atoms with van der Waals surface area (Å²) in [6, 6.07) is 0.568. The monoisotopic (exact) mass is 199 g/mol. The summed E-state index contributed by atoms with van der Waals surface area (Å²) in [6.07, 6.45) is 1.60. The van der Waals surface area contributed by atoms with Gasteiger partial charge >= 0.3 is 11.9 Å². The van der Waals surface area contributed by atoms with E-state index >= 15 is 0 Å². The van der Waals surface area contributed by atoms with Gasteiger partial charge in [0.25, 0.3) is 0 Å². The topological polar surface area (TPSA) is 116 Å². The lowest BCUT2D eigenvalue weighted by Gasteiger charge is -2.05. The highest BCUT2D eigenvalue weighted by molar-refractivity contribution is 5.91. The van der Waals surface area contributed by atoms with E-state index in [0.29, 0.717) is 25.8 Å². The number of unbranched alkanes of at least 4 members (excludes halogenated alkanes) is 1. The van der Waals surface area contributed by atoms with Gasteiger partial charge in [0.15, 0.2) is 6.07 Å². The molecule has 0 heterocycles. The molecule has 0 aromatic heterocycles. The Bertz CT molecular complexity index is 247. The molecule has 1 unspecified atom stereocenters. The lowest BCUT2D eigenvalue weighted by molar-refractivity contribution is -0.138. The van der Waals surface area contributed by atoms with Crippen LogP contribution in [-0.4, -0.2) is 29.6 Å². The summed E-state index contributed by atoms with van der Waals surface area (Å²) in [7, 11) is 0. The molecular formula is C8H13N3O3. The molecule has 0 radical (unpaired) electrons. The van der Waals surface area contributed by atoms with Crippen LogP contribution < -0.4 is 11.1 Å². The van der Waals surface area contributed by atoms with Gasteiger partial charge < -0.3 is 16.2 Å². The third kappa shape index (κ3) is 5.97. The van der Waals surface area contributed by atoms with Crippen molar-refractivity contribution in [2.45, 2.75) is 25.3 Å². The van der Waals surface area contributed by atoms with Gasteiger partial charge in [0, 0.05) is 6.54 Å². The van der Waals surface area contributed by atoms with Crippen molar-refractivity contribution >= 4 is 11.9 Å². The molecule has 0 aliphatic carbocycles. The number of carboxylic acid groups (broad SMARTS) is 1. The summed E-state index contributed by atoms with van der Waals surface area (Å²) in [5.74, 6) is -1.70. The van der Waals surface area contributed by atoms with Crippen molar-refractivity contribution in [1.29, 1.82) is 5.26 Å². The minimum absolute atomic E-state index is 0.373. The van der Waals surface area contributed by atoms with Crippen molar-refractivity contribution < 1.29 is 14.7 Å². The van der Waals surface area contributed by atoms with Crippen molar-refractivity contribution in [1.82, 2.24) is 5.32 Å². The van der Waals surface area contributed by atoms with Gasteiger partial charge in [0.2, 0.25) is 0 Å². The van der Waals surface area contributed by atoms with Gasteiger partial charge in [-0.2, -0.15) is 5.26 Å². The van der Waals surface area contributed by atoms with Gasteiger partial charge in [-0.1, -0.05) is 0 Å². The van der Waals surface area contributed by atoms with E-state index in [1.54, 1.807) is 0 Å². The van der Waals surface area contributed by atoms with Crippen molar-refractivity contribution in [3.05, 3.63) is 0 Å². The van der Waals surface area contributed by atoms with Gasteiger partial charge in [-0.25, -0.2) is 0 Å². The van der Waals surface area contributed by atoms with E-state index in [0.717, 1.165) is 0 Å². The number of nitrogens with zero attached hydrogens (tertiary/aromatic N) is 1. The van der Waals surface area contributed by atoms with Crippen LogP contribution in [0, 0.1) is 11.3 Å². The van der Waals surface area contributed by atoms with Crippen molar-refractivity contribution in [3.8, 4) is 6.07 Å². The Morgan fingerprint density at radius 3 is 2.64 bits per heavy atom. The first kappa shape index (κ1) is 12.4. The smallest absolute Gasteiger partial charge is 0.322 e. The van der Waals surface area contributed by atoms with Gasteiger partial charge in [-0.3, -0.25) is 9.59 Å². The van der Waals surface area contributed by atoms with Crippen LogP contribution in [0.5, 0.6) is 0 Å². The number of carbonyl (C=O) groups excluding carboxylic acids is 1. The molecule has 0 spiro atoms. The standard InChI is InChI=1S/C8H13N3O3/c9-5-7(12)11-4-2-1-3-6(10)8(13)14/h6H,1-4,10H2,(H,11,12)(H,13,14). The number of hydrogen-bond acceptors (Lipinski definition) is 4. The number of aliphatic carboxylic acids is 1. The zero-order valence-electron chi connectivity index (χ0n) is 7.69. The number of rotatable bonds is 6. The molecular weight excluding hydrogens is 186 g/mol. The Morgan fingerprint density at radius 1 is 1.50 bits per heavy atom. The van der Waals surface area contributed by atoms with Crippen LogP contribution in [0.25, 0.3) is 0 Å². The molecule has 4 N–H and O–H groups in total. The highest BCUT2D eigenvalue weighted by atomic mass is 16.4. The van der Waals surface area contributed by atoms with Crippen LogP contribution in [0.1, 0.15) is 19.3 Å². The third-order valence-corrected chi connectivity index (χ3v) is 1.65. The van der Waals surface area contributed by atoms with Crippen molar-refractivity contribution in [2.75, 3.05) is 6.54 Å². The highest BCUT2D eigenvalue weighted by Gasteiger charge is 2.09. The number of nitriles is 1. The molecule has 0 fully saturated rings. The second-order valence-corrected chi connectivity index (χ2v) is 2.81. The summed E-state index contributed by atoms with van der Waals surface area (Å²) < 4.78 is 0. The SMILES string of the molecule is N#CC(=O)NCCCCC(N)C(=O)O. The molecule has 14 heavy (non-hydrogen) atoms. The number of nitrogens with two attached hydrogens (primary N) is 1. The van der Waals surface area contributed by atoms with E-state index in [2.05, 4.69) is 5.32 Å². The maximum Gasteiger partial charge on any atom is 0.322 e. The normalized spacial score (nSPS) is 11.4. The van der Waals surface area contributed by atoms with Gasteiger partial charge in [-0.15, -0.1) is 0 Å². The molecule has 6 heteroatoms. The Balaban J connectivity index is 3.35. The second-order valence-electron chi connectivity index (χ2n) is 2.81. The highest BCUT2D eigenvalue weighted by Crippen LogP contribution is 1.97. The summed E-state index contributed by atoms with van der Waals surface area (Å²) in [6.45, 7) is 0.374. The molecule has 0 saturated carbocycles. The average molecular weight is 199 g/mol. The van der Waals surface area contributed by atoms with Crippen LogP contribution in [-0.2, 0) is 9.59 Å². The van der Waals surface area contributed by atoms with E-state index in [-0.39, 0.29) is 0 Å². The van der Waals surface area contributed by atoms with E-state index in [1.165, 1.54) is 6.07 Å². The summed E-state index contributed by atoms with van der Waals surface area (Å²) >= 11 is 0. The Labute approximate surface area is 81.7 Å². The Hall–Kier alpha value is -1.61. The first-order chi connectivity index (χ1) is 6.57.